The zero-order valence-corrected chi connectivity index (χ0v) is 18.8. The Morgan fingerprint density at radius 1 is 0.677 bits per heavy atom. The van der Waals surface area contributed by atoms with E-state index < -0.39 is 0 Å². The third-order valence-electron chi connectivity index (χ3n) is 5.46. The SMILES string of the molecule is CCCCCCCCCCCCCC(=O)Oc1ccc(C(=O)c2ccc(O)cc2)cc1. The van der Waals surface area contributed by atoms with Gasteiger partial charge in [0.1, 0.15) is 11.5 Å². The summed E-state index contributed by atoms with van der Waals surface area (Å²) in [4.78, 5) is 24.5. The monoisotopic (exact) mass is 424 g/mol. The number of benzene rings is 2. The molecule has 0 spiro atoms. The van der Waals surface area contributed by atoms with E-state index >= 15 is 0 Å². The molecule has 0 radical (unpaired) electrons. The van der Waals surface area contributed by atoms with Crippen molar-refractivity contribution in [3.05, 3.63) is 59.7 Å². The van der Waals surface area contributed by atoms with Crippen molar-refractivity contribution in [1.29, 1.82) is 0 Å². The summed E-state index contributed by atoms with van der Waals surface area (Å²) in [5.41, 5.74) is 1.01. The van der Waals surface area contributed by atoms with Gasteiger partial charge in [-0.1, -0.05) is 71.1 Å². The molecular formula is C27H36O4. The van der Waals surface area contributed by atoms with Crippen molar-refractivity contribution in [2.45, 2.75) is 84.0 Å². The first kappa shape index (κ1) is 24.6. The first-order valence-corrected chi connectivity index (χ1v) is 11.7. The molecule has 0 aliphatic carbocycles. The lowest BCUT2D eigenvalue weighted by atomic mass is 10.0. The van der Waals surface area contributed by atoms with Crippen LogP contribution in [-0.2, 0) is 4.79 Å². The van der Waals surface area contributed by atoms with E-state index in [0.29, 0.717) is 23.3 Å². The highest BCUT2D eigenvalue weighted by molar-refractivity contribution is 6.09. The van der Waals surface area contributed by atoms with E-state index in [1.54, 1.807) is 36.4 Å². The van der Waals surface area contributed by atoms with Crippen LogP contribution in [0.4, 0.5) is 0 Å². The zero-order valence-electron chi connectivity index (χ0n) is 18.8. The quantitative estimate of drug-likeness (QED) is 0.142. The van der Waals surface area contributed by atoms with Crippen molar-refractivity contribution in [3.8, 4) is 11.5 Å². The lowest BCUT2D eigenvalue weighted by molar-refractivity contribution is -0.134. The molecule has 4 heteroatoms. The number of phenolic OH excluding ortho intramolecular Hbond substituents is 1. The van der Waals surface area contributed by atoms with E-state index in [9.17, 15) is 14.7 Å². The fourth-order valence-corrected chi connectivity index (χ4v) is 3.57. The van der Waals surface area contributed by atoms with Gasteiger partial charge in [0.2, 0.25) is 0 Å². The fourth-order valence-electron chi connectivity index (χ4n) is 3.57. The number of carbonyl (C=O) groups excluding carboxylic acids is 2. The molecule has 0 bridgehead atoms. The van der Waals surface area contributed by atoms with Crippen LogP contribution in [-0.4, -0.2) is 16.9 Å². The van der Waals surface area contributed by atoms with Gasteiger partial charge in [-0.25, -0.2) is 0 Å². The number of esters is 1. The van der Waals surface area contributed by atoms with E-state index in [2.05, 4.69) is 6.92 Å². The van der Waals surface area contributed by atoms with Gasteiger partial charge in [0.15, 0.2) is 5.78 Å². The lowest BCUT2D eigenvalue weighted by Gasteiger charge is -2.06. The molecule has 0 saturated carbocycles. The van der Waals surface area contributed by atoms with E-state index in [0.717, 1.165) is 12.8 Å². The second kappa shape index (κ2) is 14.4. The highest BCUT2D eigenvalue weighted by Gasteiger charge is 2.10. The Bertz CT molecular complexity index is 778. The van der Waals surface area contributed by atoms with E-state index in [4.69, 9.17) is 4.74 Å². The number of ketones is 1. The number of carbonyl (C=O) groups is 2. The van der Waals surface area contributed by atoms with Gasteiger partial charge >= 0.3 is 5.97 Å². The summed E-state index contributed by atoms with van der Waals surface area (Å²) in [7, 11) is 0. The molecule has 2 aromatic carbocycles. The molecule has 0 amide bonds. The molecule has 0 atom stereocenters. The third-order valence-corrected chi connectivity index (χ3v) is 5.46. The highest BCUT2D eigenvalue weighted by atomic mass is 16.5. The summed E-state index contributed by atoms with van der Waals surface area (Å²) in [6.07, 6.45) is 14.1. The Labute approximate surface area is 186 Å². The topological polar surface area (TPSA) is 63.6 Å². The largest absolute Gasteiger partial charge is 0.508 e. The summed E-state index contributed by atoms with van der Waals surface area (Å²) < 4.78 is 5.38. The van der Waals surface area contributed by atoms with Crippen molar-refractivity contribution in [1.82, 2.24) is 0 Å². The average Bonchev–Trinajstić information content (AvgIpc) is 2.78. The molecule has 0 aromatic heterocycles. The van der Waals surface area contributed by atoms with Crippen molar-refractivity contribution in [3.63, 3.8) is 0 Å². The van der Waals surface area contributed by atoms with E-state index in [1.807, 2.05) is 0 Å². The molecule has 0 aliphatic rings. The Morgan fingerprint density at radius 2 is 1.13 bits per heavy atom. The Hall–Kier alpha value is -2.62. The second-order valence-electron chi connectivity index (χ2n) is 8.16. The van der Waals surface area contributed by atoms with Crippen LogP contribution >= 0.6 is 0 Å². The van der Waals surface area contributed by atoms with Gasteiger partial charge in [0.05, 0.1) is 0 Å². The molecule has 0 heterocycles. The average molecular weight is 425 g/mol. The predicted octanol–water partition coefficient (Wildman–Crippen LogP) is 7.23. The van der Waals surface area contributed by atoms with Gasteiger partial charge in [0, 0.05) is 17.5 Å². The summed E-state index contributed by atoms with van der Waals surface area (Å²) in [6.45, 7) is 2.24. The number of hydrogen-bond donors (Lipinski definition) is 1. The molecule has 0 saturated heterocycles. The van der Waals surface area contributed by atoms with Crippen molar-refractivity contribution in [2.75, 3.05) is 0 Å². The summed E-state index contributed by atoms with van der Waals surface area (Å²) >= 11 is 0. The molecule has 0 aliphatic heterocycles. The molecule has 0 unspecified atom stereocenters. The van der Waals surface area contributed by atoms with E-state index in [-0.39, 0.29) is 17.5 Å². The maximum Gasteiger partial charge on any atom is 0.311 e. The van der Waals surface area contributed by atoms with Crippen LogP contribution in [0.3, 0.4) is 0 Å². The van der Waals surface area contributed by atoms with Crippen LogP contribution in [0.1, 0.15) is 99.9 Å². The van der Waals surface area contributed by atoms with Crippen LogP contribution in [0.5, 0.6) is 11.5 Å². The Kier molecular flexibility index (Phi) is 11.4. The van der Waals surface area contributed by atoms with Gasteiger partial charge in [-0.05, 0) is 55.0 Å². The van der Waals surface area contributed by atoms with Crippen LogP contribution < -0.4 is 4.74 Å². The minimum atomic E-state index is -0.228. The number of ether oxygens (including phenoxy) is 1. The highest BCUT2D eigenvalue weighted by Crippen LogP contribution is 2.18. The molecular weight excluding hydrogens is 388 g/mol. The third kappa shape index (κ3) is 9.82. The van der Waals surface area contributed by atoms with Gasteiger partial charge in [-0.15, -0.1) is 0 Å². The van der Waals surface area contributed by atoms with E-state index in [1.165, 1.54) is 69.9 Å². The van der Waals surface area contributed by atoms with Gasteiger partial charge in [-0.3, -0.25) is 9.59 Å². The Balaban J connectivity index is 1.59. The maximum atomic E-state index is 12.4. The normalized spacial score (nSPS) is 10.7. The minimum absolute atomic E-state index is 0.122. The second-order valence-corrected chi connectivity index (χ2v) is 8.16. The summed E-state index contributed by atoms with van der Waals surface area (Å²) in [6, 6.07) is 12.7. The molecule has 168 valence electrons. The first-order chi connectivity index (χ1) is 15.1. The van der Waals surface area contributed by atoms with Crippen LogP contribution in [0, 0.1) is 0 Å². The number of hydrogen-bond acceptors (Lipinski definition) is 4. The number of phenols is 1. The predicted molar refractivity (Wildman–Crippen MR) is 125 cm³/mol. The molecule has 31 heavy (non-hydrogen) atoms. The van der Waals surface area contributed by atoms with Crippen LogP contribution in [0.15, 0.2) is 48.5 Å². The molecule has 1 N–H and O–H groups in total. The molecule has 0 fully saturated rings. The summed E-state index contributed by atoms with van der Waals surface area (Å²) in [5, 5.41) is 9.33. The van der Waals surface area contributed by atoms with Gasteiger partial charge in [0.25, 0.3) is 0 Å². The molecule has 2 rings (SSSR count). The minimum Gasteiger partial charge on any atom is -0.508 e. The number of aromatic hydroxyl groups is 1. The number of unbranched alkanes of at least 4 members (excludes halogenated alkanes) is 10. The van der Waals surface area contributed by atoms with Crippen LogP contribution in [0.2, 0.25) is 0 Å². The van der Waals surface area contributed by atoms with Crippen molar-refractivity contribution < 1.29 is 19.4 Å². The molecule has 4 nitrogen and oxygen atoms in total. The first-order valence-electron chi connectivity index (χ1n) is 11.7. The Morgan fingerprint density at radius 3 is 1.65 bits per heavy atom. The van der Waals surface area contributed by atoms with Crippen molar-refractivity contribution in [2.24, 2.45) is 0 Å². The van der Waals surface area contributed by atoms with Gasteiger partial charge < -0.3 is 9.84 Å². The van der Waals surface area contributed by atoms with Crippen molar-refractivity contribution >= 4 is 11.8 Å². The molecule has 2 aromatic rings. The van der Waals surface area contributed by atoms with Crippen LogP contribution in [0.25, 0.3) is 0 Å². The number of rotatable bonds is 15. The zero-order chi connectivity index (χ0) is 22.3. The maximum absolute atomic E-state index is 12.4. The smallest absolute Gasteiger partial charge is 0.311 e. The summed E-state index contributed by atoms with van der Waals surface area (Å²) in [5.74, 6) is 0.208. The standard InChI is InChI=1S/C27H36O4/c1-2-3-4-5-6-7-8-9-10-11-12-13-26(29)31-25-20-16-23(17-21-25)27(30)22-14-18-24(28)19-15-22/h14-21,28H,2-13H2,1H3. The lowest BCUT2D eigenvalue weighted by Crippen LogP contribution is -2.08. The fraction of sp³-hybridized carbons (Fsp3) is 0.481. The van der Waals surface area contributed by atoms with Gasteiger partial charge in [-0.2, -0.15) is 0 Å².